The number of hydrogen-bond acceptors (Lipinski definition) is 1. The Balaban J connectivity index is 2.23. The van der Waals surface area contributed by atoms with E-state index >= 15 is 0 Å². The molecule has 2 aromatic carbocycles. The minimum Gasteiger partial charge on any atom is -0.324 e. The van der Waals surface area contributed by atoms with Crippen LogP contribution in [0.15, 0.2) is 42.5 Å². The number of aryl methyl sites for hydroxylation is 1. The monoisotopic (exact) mass is 293 g/mol. The van der Waals surface area contributed by atoms with E-state index in [9.17, 15) is 0 Å². The molecule has 2 rings (SSSR count). The van der Waals surface area contributed by atoms with Crippen LogP contribution in [0.5, 0.6) is 0 Å². The third kappa shape index (κ3) is 3.50. The van der Waals surface area contributed by atoms with Crippen LogP contribution in [-0.4, -0.2) is 0 Å². The summed E-state index contributed by atoms with van der Waals surface area (Å²) in [6.07, 6.45) is 1.70. The van der Waals surface area contributed by atoms with E-state index in [0.717, 1.165) is 12.0 Å². The smallest absolute Gasteiger partial charge is 0.0453 e. The van der Waals surface area contributed by atoms with E-state index in [-0.39, 0.29) is 6.04 Å². The van der Waals surface area contributed by atoms with Crippen molar-refractivity contribution >= 4 is 23.2 Å². The number of hydrogen-bond donors (Lipinski definition) is 1. The zero-order valence-electron chi connectivity index (χ0n) is 10.9. The van der Waals surface area contributed by atoms with Crippen LogP contribution in [0, 0.1) is 0 Å². The average Bonchev–Trinajstić information content (AvgIpc) is 2.41. The van der Waals surface area contributed by atoms with E-state index in [0.29, 0.717) is 16.5 Å². The van der Waals surface area contributed by atoms with Crippen molar-refractivity contribution < 1.29 is 0 Å². The molecule has 2 aromatic rings. The van der Waals surface area contributed by atoms with Gasteiger partial charge in [0.05, 0.1) is 0 Å². The predicted octanol–water partition coefficient (Wildman–Crippen LogP) is 4.80. The fourth-order valence-electron chi connectivity index (χ4n) is 2.25. The zero-order valence-corrected chi connectivity index (χ0v) is 12.4. The van der Waals surface area contributed by atoms with Crippen molar-refractivity contribution in [1.82, 2.24) is 0 Å². The molecule has 1 nitrogen and oxygen atoms in total. The molecule has 19 heavy (non-hydrogen) atoms. The molecule has 100 valence electrons. The van der Waals surface area contributed by atoms with Gasteiger partial charge in [-0.15, -0.1) is 0 Å². The summed E-state index contributed by atoms with van der Waals surface area (Å²) in [5, 5.41) is 1.33. The summed E-state index contributed by atoms with van der Waals surface area (Å²) < 4.78 is 0. The lowest BCUT2D eigenvalue weighted by atomic mass is 9.94. The number of benzene rings is 2. The topological polar surface area (TPSA) is 26.0 Å². The van der Waals surface area contributed by atoms with E-state index in [4.69, 9.17) is 28.9 Å². The van der Waals surface area contributed by atoms with E-state index < -0.39 is 0 Å². The number of nitrogens with two attached hydrogens (primary N) is 1. The molecule has 0 aliphatic carbocycles. The maximum atomic E-state index is 6.32. The third-order valence-corrected chi connectivity index (χ3v) is 3.88. The lowest BCUT2D eigenvalue weighted by Crippen LogP contribution is -2.15. The van der Waals surface area contributed by atoms with Gasteiger partial charge in [0.2, 0.25) is 0 Å². The van der Waals surface area contributed by atoms with E-state index in [1.54, 1.807) is 6.07 Å². The summed E-state index contributed by atoms with van der Waals surface area (Å²) in [5.74, 6) is 0. The van der Waals surface area contributed by atoms with Crippen LogP contribution in [0.2, 0.25) is 10.0 Å². The van der Waals surface area contributed by atoms with Crippen molar-refractivity contribution in [3.8, 4) is 0 Å². The van der Waals surface area contributed by atoms with Gasteiger partial charge in [0.15, 0.2) is 0 Å². The molecule has 0 amide bonds. The van der Waals surface area contributed by atoms with Crippen LogP contribution < -0.4 is 5.73 Å². The molecule has 3 heteroatoms. The molecule has 0 radical (unpaired) electrons. The van der Waals surface area contributed by atoms with E-state index in [2.05, 4.69) is 19.1 Å². The van der Waals surface area contributed by atoms with Crippen molar-refractivity contribution in [3.05, 3.63) is 69.2 Å². The molecule has 0 fully saturated rings. The van der Waals surface area contributed by atoms with Crippen molar-refractivity contribution in [2.24, 2.45) is 5.73 Å². The fourth-order valence-corrected chi connectivity index (χ4v) is 2.74. The summed E-state index contributed by atoms with van der Waals surface area (Å²) in [4.78, 5) is 0. The third-order valence-electron chi connectivity index (χ3n) is 3.29. The molecular formula is C16H17Cl2N. The summed E-state index contributed by atoms with van der Waals surface area (Å²) in [7, 11) is 0. The molecule has 2 N–H and O–H groups in total. The van der Waals surface area contributed by atoms with Crippen LogP contribution >= 0.6 is 23.2 Å². The standard InChI is InChI=1S/C16H17Cl2N/c1-2-11-5-3-4-6-14(11)16(19)9-12-7-8-13(17)10-15(12)18/h3-8,10,16H,2,9,19H2,1H3. The first-order chi connectivity index (χ1) is 9.11. The molecule has 1 atom stereocenters. The molecule has 1 unspecified atom stereocenters. The Bertz CT molecular complexity index is 566. The SMILES string of the molecule is CCc1ccccc1C(N)Cc1ccc(Cl)cc1Cl. The Hall–Kier alpha value is -1.02. The largest absolute Gasteiger partial charge is 0.324 e. The normalized spacial score (nSPS) is 12.4. The first kappa shape index (κ1) is 14.4. The molecule has 0 saturated carbocycles. The van der Waals surface area contributed by atoms with Crippen molar-refractivity contribution in [2.75, 3.05) is 0 Å². The van der Waals surface area contributed by atoms with Gasteiger partial charge in [0, 0.05) is 16.1 Å². The average molecular weight is 294 g/mol. The minimum atomic E-state index is -0.0465. The Kier molecular flexibility index (Phi) is 4.87. The maximum absolute atomic E-state index is 6.32. The lowest BCUT2D eigenvalue weighted by molar-refractivity contribution is 0.712. The van der Waals surface area contributed by atoms with Gasteiger partial charge in [-0.1, -0.05) is 60.5 Å². The van der Waals surface area contributed by atoms with Crippen molar-refractivity contribution in [3.63, 3.8) is 0 Å². The first-order valence-corrected chi connectivity index (χ1v) is 7.14. The van der Waals surface area contributed by atoms with Crippen LogP contribution in [0.3, 0.4) is 0 Å². The van der Waals surface area contributed by atoms with Crippen LogP contribution in [0.4, 0.5) is 0 Å². The highest BCUT2D eigenvalue weighted by molar-refractivity contribution is 6.35. The molecule has 0 spiro atoms. The first-order valence-electron chi connectivity index (χ1n) is 6.39. The summed E-state index contributed by atoms with van der Waals surface area (Å²) >= 11 is 12.1. The summed E-state index contributed by atoms with van der Waals surface area (Å²) in [6, 6.07) is 13.8. The molecule has 0 bridgehead atoms. The van der Waals surface area contributed by atoms with Crippen LogP contribution in [0.25, 0.3) is 0 Å². The highest BCUT2D eigenvalue weighted by Crippen LogP contribution is 2.26. The lowest BCUT2D eigenvalue weighted by Gasteiger charge is -2.16. The van der Waals surface area contributed by atoms with Gasteiger partial charge in [-0.3, -0.25) is 0 Å². The molecular weight excluding hydrogens is 277 g/mol. The molecule has 0 aromatic heterocycles. The van der Waals surface area contributed by atoms with Gasteiger partial charge in [-0.25, -0.2) is 0 Å². The quantitative estimate of drug-likeness (QED) is 0.861. The highest BCUT2D eigenvalue weighted by Gasteiger charge is 2.12. The van der Waals surface area contributed by atoms with Crippen LogP contribution in [0.1, 0.15) is 29.7 Å². The predicted molar refractivity (Wildman–Crippen MR) is 82.9 cm³/mol. The Morgan fingerprint density at radius 3 is 2.47 bits per heavy atom. The summed E-state index contributed by atoms with van der Waals surface area (Å²) in [6.45, 7) is 2.14. The van der Waals surface area contributed by atoms with Gasteiger partial charge < -0.3 is 5.73 Å². The molecule has 0 aliphatic heterocycles. The molecule has 0 aliphatic rings. The Labute approximate surface area is 124 Å². The zero-order chi connectivity index (χ0) is 13.8. The maximum Gasteiger partial charge on any atom is 0.0453 e. The minimum absolute atomic E-state index is 0.0465. The van der Waals surface area contributed by atoms with Gasteiger partial charge >= 0.3 is 0 Å². The highest BCUT2D eigenvalue weighted by atomic mass is 35.5. The molecule has 0 heterocycles. The van der Waals surface area contributed by atoms with E-state index in [1.807, 2.05) is 24.3 Å². The second kappa shape index (κ2) is 6.42. The number of rotatable bonds is 4. The van der Waals surface area contributed by atoms with E-state index in [1.165, 1.54) is 11.1 Å². The van der Waals surface area contributed by atoms with Crippen molar-refractivity contribution in [2.45, 2.75) is 25.8 Å². The van der Waals surface area contributed by atoms with Gasteiger partial charge in [-0.05, 0) is 41.7 Å². The number of halogens is 2. The Morgan fingerprint density at radius 2 is 1.79 bits per heavy atom. The van der Waals surface area contributed by atoms with Crippen molar-refractivity contribution in [1.29, 1.82) is 0 Å². The van der Waals surface area contributed by atoms with Gasteiger partial charge in [0.1, 0.15) is 0 Å². The second-order valence-electron chi connectivity index (χ2n) is 4.60. The summed E-state index contributed by atoms with van der Waals surface area (Å²) in [5.41, 5.74) is 9.83. The second-order valence-corrected chi connectivity index (χ2v) is 5.44. The van der Waals surface area contributed by atoms with Gasteiger partial charge in [-0.2, -0.15) is 0 Å². The Morgan fingerprint density at radius 1 is 1.05 bits per heavy atom. The fraction of sp³-hybridized carbons (Fsp3) is 0.250. The van der Waals surface area contributed by atoms with Gasteiger partial charge in [0.25, 0.3) is 0 Å². The molecule has 0 saturated heterocycles. The van der Waals surface area contributed by atoms with Crippen LogP contribution in [-0.2, 0) is 12.8 Å².